The molecule has 0 bridgehead atoms. The Morgan fingerprint density at radius 2 is 1.16 bits per heavy atom. The maximum atomic E-state index is 2.47. The van der Waals surface area contributed by atoms with Crippen LogP contribution in [0.4, 0.5) is 0 Å². The van der Waals surface area contributed by atoms with Crippen molar-refractivity contribution >= 4 is 20.9 Å². The molecule has 2 aromatic rings. The molecule has 0 nitrogen and oxygen atoms in total. The van der Waals surface area contributed by atoms with Crippen LogP contribution in [-0.4, -0.2) is 8.80 Å². The monoisotopic (exact) mass is 344 g/mol. The topological polar surface area (TPSA) is 0 Å². The zero-order chi connectivity index (χ0) is 17.7. The summed E-state index contributed by atoms with van der Waals surface area (Å²) in [7, 11) is -1.09. The number of benzene rings is 2. The lowest BCUT2D eigenvalue weighted by Gasteiger charge is -2.31. The molecule has 0 saturated carbocycles. The third-order valence-corrected chi connectivity index (χ3v) is 10.9. The van der Waals surface area contributed by atoms with Crippen molar-refractivity contribution in [3.8, 4) is 0 Å². The summed E-state index contributed by atoms with van der Waals surface area (Å²) >= 11 is 0. The van der Waals surface area contributed by atoms with Crippen molar-refractivity contribution < 1.29 is 0 Å². The highest BCUT2D eigenvalue weighted by Crippen LogP contribution is 2.48. The Kier molecular flexibility index (Phi) is 4.08. The van der Waals surface area contributed by atoms with Crippen molar-refractivity contribution in [2.45, 2.75) is 51.7 Å². The zero-order valence-corrected chi connectivity index (χ0v) is 17.2. The van der Waals surface area contributed by atoms with E-state index in [0.29, 0.717) is 11.1 Å². The summed E-state index contributed by atoms with van der Waals surface area (Å²) in [4.78, 5) is 0. The molecule has 2 unspecified atom stereocenters. The van der Waals surface area contributed by atoms with Crippen LogP contribution in [0.2, 0.25) is 6.04 Å². The van der Waals surface area contributed by atoms with Crippen molar-refractivity contribution in [2.75, 3.05) is 0 Å². The van der Waals surface area contributed by atoms with Gasteiger partial charge in [0.25, 0.3) is 0 Å². The minimum Gasteiger partial charge on any atom is -0.0682 e. The normalized spacial score (nSPS) is 22.3. The first-order valence-electron chi connectivity index (χ1n) is 9.58. The highest BCUT2D eigenvalue weighted by atomic mass is 28.3. The number of allylic oxidation sites excluding steroid dienone is 2. The van der Waals surface area contributed by atoms with Crippen LogP contribution in [0.15, 0.2) is 47.5 Å². The van der Waals surface area contributed by atoms with Crippen LogP contribution in [0.25, 0.3) is 12.2 Å². The second-order valence-electron chi connectivity index (χ2n) is 7.96. The Morgan fingerprint density at radius 1 is 0.720 bits per heavy atom. The molecule has 0 heterocycles. The summed E-state index contributed by atoms with van der Waals surface area (Å²) in [6, 6.07) is 15.1. The molecule has 1 heteroatoms. The van der Waals surface area contributed by atoms with E-state index < -0.39 is 8.80 Å². The van der Waals surface area contributed by atoms with E-state index in [2.05, 4.69) is 83.2 Å². The van der Waals surface area contributed by atoms with Gasteiger partial charge in [-0.3, -0.25) is 0 Å². The van der Waals surface area contributed by atoms with Gasteiger partial charge in [-0.15, -0.1) is 0 Å². The summed E-state index contributed by atoms with van der Waals surface area (Å²) in [5, 5.41) is 0. The van der Waals surface area contributed by atoms with E-state index in [-0.39, 0.29) is 0 Å². The molecule has 0 radical (unpaired) electrons. The van der Waals surface area contributed by atoms with Crippen LogP contribution in [0, 0.1) is 13.8 Å². The molecule has 2 aliphatic carbocycles. The molecule has 0 saturated heterocycles. The van der Waals surface area contributed by atoms with Crippen molar-refractivity contribution in [3.63, 3.8) is 0 Å². The Hall–Kier alpha value is -1.86. The van der Waals surface area contributed by atoms with Crippen molar-refractivity contribution in [1.29, 1.82) is 0 Å². The molecular weight excluding hydrogens is 316 g/mol. The fourth-order valence-electron chi connectivity index (χ4n) is 5.27. The molecule has 2 aliphatic rings. The average Bonchev–Trinajstić information content (AvgIpc) is 3.09. The second kappa shape index (κ2) is 6.14. The van der Waals surface area contributed by atoms with Gasteiger partial charge in [-0.25, -0.2) is 0 Å². The van der Waals surface area contributed by atoms with E-state index in [9.17, 15) is 0 Å². The number of rotatable bonds is 3. The van der Waals surface area contributed by atoms with E-state index in [1.807, 2.05) is 0 Å². The fourth-order valence-corrected chi connectivity index (χ4v) is 9.64. The molecule has 0 fully saturated rings. The van der Waals surface area contributed by atoms with Crippen LogP contribution in [0.5, 0.6) is 0 Å². The van der Waals surface area contributed by atoms with Gasteiger partial charge in [0.1, 0.15) is 0 Å². The predicted molar refractivity (Wildman–Crippen MR) is 113 cm³/mol. The Morgan fingerprint density at radius 3 is 1.56 bits per heavy atom. The molecule has 0 aromatic heterocycles. The molecule has 0 amide bonds. The van der Waals surface area contributed by atoms with Gasteiger partial charge in [-0.1, -0.05) is 72.7 Å². The minimum atomic E-state index is -1.09. The van der Waals surface area contributed by atoms with Gasteiger partial charge < -0.3 is 0 Å². The van der Waals surface area contributed by atoms with Crippen LogP contribution in [0.3, 0.4) is 0 Å². The SMILES string of the molecule is CC[SiH](C1C(C)=Cc2c(C)cccc21)C1C(C)=Cc2c(C)cccc21. The van der Waals surface area contributed by atoms with E-state index >= 15 is 0 Å². The highest BCUT2D eigenvalue weighted by molar-refractivity contribution is 6.64. The zero-order valence-electron chi connectivity index (χ0n) is 16.1. The molecule has 2 atom stereocenters. The lowest BCUT2D eigenvalue weighted by molar-refractivity contribution is 0.981. The smallest absolute Gasteiger partial charge is 0.0626 e. The number of aryl methyl sites for hydroxylation is 2. The lowest BCUT2D eigenvalue weighted by Crippen LogP contribution is -2.31. The summed E-state index contributed by atoms with van der Waals surface area (Å²) in [6.45, 7) is 11.7. The molecular formula is C24H28Si. The second-order valence-corrected chi connectivity index (χ2v) is 11.4. The van der Waals surface area contributed by atoms with E-state index in [1.165, 1.54) is 28.3 Å². The molecule has 4 rings (SSSR count). The van der Waals surface area contributed by atoms with Crippen LogP contribution >= 0.6 is 0 Å². The van der Waals surface area contributed by atoms with Gasteiger partial charge >= 0.3 is 0 Å². The van der Waals surface area contributed by atoms with Gasteiger partial charge in [0, 0.05) is 0 Å². The summed E-state index contributed by atoms with van der Waals surface area (Å²) in [5.74, 6) is 0. The number of hydrogen-bond donors (Lipinski definition) is 0. The standard InChI is InChI=1S/C24H28Si/c1-6-25(23-17(4)13-21-15(2)9-7-11-19(21)23)24-18(5)14-22-16(3)10-8-12-20(22)24/h7-14,23-25H,6H2,1-5H3. The third-order valence-electron chi connectivity index (χ3n) is 6.44. The van der Waals surface area contributed by atoms with E-state index in [4.69, 9.17) is 0 Å². The van der Waals surface area contributed by atoms with Gasteiger partial charge in [-0.2, -0.15) is 0 Å². The summed E-state index contributed by atoms with van der Waals surface area (Å²) in [6.07, 6.45) is 4.94. The maximum absolute atomic E-state index is 2.47. The Balaban J connectivity index is 1.82. The van der Waals surface area contributed by atoms with Gasteiger partial charge in [0.15, 0.2) is 0 Å². The maximum Gasteiger partial charge on any atom is 0.0626 e. The molecule has 0 N–H and O–H groups in total. The first-order valence-corrected chi connectivity index (χ1v) is 11.7. The summed E-state index contributed by atoms with van der Waals surface area (Å²) < 4.78 is 0. The Labute approximate surface area is 153 Å². The first kappa shape index (κ1) is 16.6. The van der Waals surface area contributed by atoms with E-state index in [1.54, 1.807) is 22.3 Å². The quantitative estimate of drug-likeness (QED) is 0.571. The van der Waals surface area contributed by atoms with Crippen molar-refractivity contribution in [2.24, 2.45) is 0 Å². The Bertz CT molecular complexity index is 827. The van der Waals surface area contributed by atoms with E-state index in [0.717, 1.165) is 0 Å². The van der Waals surface area contributed by atoms with Crippen LogP contribution < -0.4 is 0 Å². The highest BCUT2D eigenvalue weighted by Gasteiger charge is 2.39. The minimum absolute atomic E-state index is 0.680. The van der Waals surface area contributed by atoms with Crippen LogP contribution in [0.1, 0.15) is 65.2 Å². The average molecular weight is 345 g/mol. The molecule has 128 valence electrons. The predicted octanol–water partition coefficient (Wildman–Crippen LogP) is 6.33. The van der Waals surface area contributed by atoms with Gasteiger partial charge in [-0.05, 0) is 72.2 Å². The first-order chi connectivity index (χ1) is 12.0. The van der Waals surface area contributed by atoms with Crippen LogP contribution in [-0.2, 0) is 0 Å². The number of hydrogen-bond acceptors (Lipinski definition) is 0. The molecule has 0 aliphatic heterocycles. The molecule has 2 aromatic carbocycles. The lowest BCUT2D eigenvalue weighted by atomic mass is 10.0. The van der Waals surface area contributed by atoms with Crippen molar-refractivity contribution in [1.82, 2.24) is 0 Å². The van der Waals surface area contributed by atoms with Gasteiger partial charge in [0.2, 0.25) is 0 Å². The largest absolute Gasteiger partial charge is 0.0682 e. The third kappa shape index (κ3) is 2.48. The fraction of sp³-hybridized carbons (Fsp3) is 0.333. The molecule has 25 heavy (non-hydrogen) atoms. The number of fused-ring (bicyclic) bond motifs is 2. The van der Waals surface area contributed by atoms with Gasteiger partial charge in [0.05, 0.1) is 8.80 Å². The summed E-state index contributed by atoms with van der Waals surface area (Å²) in [5.41, 5.74) is 13.6. The molecule has 0 spiro atoms. The van der Waals surface area contributed by atoms with Crippen molar-refractivity contribution in [3.05, 3.63) is 80.9 Å².